The fraction of sp³-hybridized carbons (Fsp3) is 0.500. The lowest BCUT2D eigenvalue weighted by molar-refractivity contribution is -0.364. The van der Waals surface area contributed by atoms with Crippen molar-refractivity contribution in [3.63, 3.8) is 0 Å². The lowest BCUT2D eigenvalue weighted by Gasteiger charge is -2.08. The van der Waals surface area contributed by atoms with Crippen LogP contribution < -0.4 is 0 Å². The van der Waals surface area contributed by atoms with Crippen molar-refractivity contribution in [2.45, 2.75) is 6.11 Å². The third kappa shape index (κ3) is 5.59. The second-order valence-electron chi connectivity index (χ2n) is 1.43. The van der Waals surface area contributed by atoms with Crippen molar-refractivity contribution in [2.75, 3.05) is 6.61 Å². The second kappa shape index (κ2) is 4.12. The largest absolute Gasteiger partial charge is 0.486 e. The number of alkyl halides is 2. The van der Waals surface area contributed by atoms with Crippen LogP contribution in [0.5, 0.6) is 0 Å². The molecule has 66 valence electrons. The Kier molecular flexibility index (Phi) is 3.80. The van der Waals surface area contributed by atoms with Crippen molar-refractivity contribution < 1.29 is 31.8 Å². The van der Waals surface area contributed by atoms with Crippen LogP contribution in [0.2, 0.25) is 0 Å². The average Bonchev–Trinajstić information content (AvgIpc) is 1.87. The minimum Gasteiger partial charge on any atom is -0.486 e. The van der Waals surface area contributed by atoms with Gasteiger partial charge in [0.1, 0.15) is 6.26 Å². The maximum Gasteiger partial charge on any atom is 0.419 e. The average molecular weight is 178 g/mol. The minimum absolute atomic E-state index is 0.229. The van der Waals surface area contributed by atoms with Gasteiger partial charge in [-0.15, -0.1) is 4.94 Å². The summed E-state index contributed by atoms with van der Waals surface area (Å²) in [6.45, 7) is -1.60. The Balaban J connectivity index is 3.62. The highest BCUT2D eigenvalue weighted by atomic mass is 19.4. The van der Waals surface area contributed by atoms with Gasteiger partial charge in [0.15, 0.2) is 6.61 Å². The molecular formula is C4H3F5O2. The first kappa shape index (κ1) is 10.2. The van der Waals surface area contributed by atoms with E-state index in [-0.39, 0.29) is 6.26 Å². The maximum atomic E-state index is 11.6. The van der Waals surface area contributed by atoms with Crippen LogP contribution in [0.4, 0.5) is 22.1 Å². The van der Waals surface area contributed by atoms with Crippen LogP contribution in [-0.4, -0.2) is 12.7 Å². The van der Waals surface area contributed by atoms with Gasteiger partial charge in [-0.05, 0) is 4.53 Å². The lowest BCUT2D eigenvalue weighted by atomic mass is 10.7. The van der Waals surface area contributed by atoms with E-state index in [0.29, 0.717) is 0 Å². The van der Waals surface area contributed by atoms with E-state index in [1.54, 1.807) is 0 Å². The summed E-state index contributed by atoms with van der Waals surface area (Å²) in [5, 5.41) is 0. The quantitative estimate of drug-likeness (QED) is 0.485. The van der Waals surface area contributed by atoms with Crippen LogP contribution in [0, 0.1) is 0 Å². The molecule has 7 heteroatoms. The Morgan fingerprint density at radius 1 is 1.36 bits per heavy atom. The SMILES string of the molecule is FOC(F)(F)COC=C(F)F. The van der Waals surface area contributed by atoms with Crippen molar-refractivity contribution >= 4 is 0 Å². The predicted octanol–water partition coefficient (Wildman–Crippen LogP) is 2.23. The van der Waals surface area contributed by atoms with Gasteiger partial charge in [0, 0.05) is 0 Å². The molecule has 0 aliphatic carbocycles. The summed E-state index contributed by atoms with van der Waals surface area (Å²) >= 11 is 0. The molecule has 0 N–H and O–H groups in total. The summed E-state index contributed by atoms with van der Waals surface area (Å²) < 4.78 is 59.6. The van der Waals surface area contributed by atoms with Crippen molar-refractivity contribution in [1.82, 2.24) is 0 Å². The molecule has 0 aromatic carbocycles. The topological polar surface area (TPSA) is 18.5 Å². The molecule has 0 amide bonds. The summed E-state index contributed by atoms with van der Waals surface area (Å²) in [5.74, 6) is 0. The third-order valence-electron chi connectivity index (χ3n) is 0.537. The molecule has 11 heavy (non-hydrogen) atoms. The summed E-state index contributed by atoms with van der Waals surface area (Å²) in [6, 6.07) is 0. The molecule has 0 aromatic rings. The van der Waals surface area contributed by atoms with Crippen molar-refractivity contribution in [3.8, 4) is 0 Å². The lowest BCUT2D eigenvalue weighted by Crippen LogP contribution is -2.22. The molecule has 0 saturated heterocycles. The van der Waals surface area contributed by atoms with E-state index in [2.05, 4.69) is 9.68 Å². The highest BCUT2D eigenvalue weighted by Gasteiger charge is 2.32. The third-order valence-corrected chi connectivity index (χ3v) is 0.537. The van der Waals surface area contributed by atoms with Crippen molar-refractivity contribution in [2.24, 2.45) is 0 Å². The molecule has 0 saturated carbocycles. The molecule has 0 spiro atoms. The number of rotatable bonds is 4. The van der Waals surface area contributed by atoms with Crippen LogP contribution in [-0.2, 0) is 9.68 Å². The molecule has 0 heterocycles. The fourth-order valence-electron chi connectivity index (χ4n) is 0.224. The maximum absolute atomic E-state index is 11.6. The zero-order chi connectivity index (χ0) is 8.91. The van der Waals surface area contributed by atoms with Gasteiger partial charge in [0.05, 0.1) is 0 Å². The molecule has 0 fully saturated rings. The molecule has 0 rings (SSSR count). The van der Waals surface area contributed by atoms with Gasteiger partial charge in [-0.1, -0.05) is 0 Å². The van der Waals surface area contributed by atoms with Gasteiger partial charge in [0.25, 0.3) is 0 Å². The van der Waals surface area contributed by atoms with Crippen molar-refractivity contribution in [1.29, 1.82) is 0 Å². The Labute approximate surface area is 58.1 Å². The van der Waals surface area contributed by atoms with E-state index in [0.717, 1.165) is 0 Å². The van der Waals surface area contributed by atoms with Crippen LogP contribution in [0.1, 0.15) is 0 Å². The van der Waals surface area contributed by atoms with Gasteiger partial charge in [-0.25, -0.2) is 0 Å². The molecular weight excluding hydrogens is 175 g/mol. The Morgan fingerprint density at radius 3 is 2.27 bits per heavy atom. The standard InChI is InChI=1S/C4H3F5O2/c5-3(6)1-10-2-4(7,8)11-9/h1H,2H2. The first-order valence-corrected chi connectivity index (χ1v) is 2.28. The molecule has 2 nitrogen and oxygen atoms in total. The number of hydrogen-bond acceptors (Lipinski definition) is 2. The van der Waals surface area contributed by atoms with Gasteiger partial charge in [-0.2, -0.15) is 17.6 Å². The summed E-state index contributed by atoms with van der Waals surface area (Å²) in [7, 11) is 0. The Hall–Kier alpha value is -0.850. The van der Waals surface area contributed by atoms with E-state index < -0.39 is 18.8 Å². The molecule has 0 bridgehead atoms. The molecule has 0 aliphatic heterocycles. The normalized spacial score (nSPS) is 11.0. The van der Waals surface area contributed by atoms with E-state index in [1.807, 2.05) is 0 Å². The van der Waals surface area contributed by atoms with Crippen LogP contribution in [0.15, 0.2) is 12.3 Å². The Bertz CT molecular complexity index is 141. The Morgan fingerprint density at radius 2 is 1.91 bits per heavy atom. The summed E-state index contributed by atoms with van der Waals surface area (Å²) in [5.41, 5.74) is 0. The van der Waals surface area contributed by atoms with Crippen LogP contribution in [0.25, 0.3) is 0 Å². The summed E-state index contributed by atoms with van der Waals surface area (Å²) in [6.07, 6.45) is -6.71. The van der Waals surface area contributed by atoms with Gasteiger partial charge < -0.3 is 4.74 Å². The molecule has 0 aromatic heterocycles. The highest BCUT2D eigenvalue weighted by molar-refractivity contribution is 4.70. The summed E-state index contributed by atoms with van der Waals surface area (Å²) in [4.78, 5) is 2.09. The van der Waals surface area contributed by atoms with Gasteiger partial charge in [0.2, 0.25) is 0 Å². The zero-order valence-corrected chi connectivity index (χ0v) is 4.99. The number of hydrogen-bond donors (Lipinski definition) is 0. The first-order valence-electron chi connectivity index (χ1n) is 2.28. The first-order chi connectivity index (χ1) is 4.98. The number of halogens is 5. The molecule has 0 unspecified atom stereocenters. The smallest absolute Gasteiger partial charge is 0.419 e. The molecule has 0 radical (unpaired) electrons. The van der Waals surface area contributed by atoms with E-state index in [4.69, 9.17) is 0 Å². The minimum atomic E-state index is -4.19. The van der Waals surface area contributed by atoms with Gasteiger partial charge >= 0.3 is 12.2 Å². The highest BCUT2D eigenvalue weighted by Crippen LogP contribution is 2.16. The predicted molar refractivity (Wildman–Crippen MR) is 23.4 cm³/mol. The fourth-order valence-corrected chi connectivity index (χ4v) is 0.224. The van der Waals surface area contributed by atoms with Gasteiger partial charge in [-0.3, -0.25) is 0 Å². The molecule has 0 atom stereocenters. The monoisotopic (exact) mass is 178 g/mol. The van der Waals surface area contributed by atoms with E-state index in [9.17, 15) is 22.1 Å². The number of ether oxygens (including phenoxy) is 1. The van der Waals surface area contributed by atoms with Crippen molar-refractivity contribution in [3.05, 3.63) is 12.3 Å². The van der Waals surface area contributed by atoms with Crippen LogP contribution in [0.3, 0.4) is 0 Å². The zero-order valence-electron chi connectivity index (χ0n) is 4.99. The molecule has 0 aliphatic rings. The van der Waals surface area contributed by atoms with E-state index >= 15 is 0 Å². The second-order valence-corrected chi connectivity index (χ2v) is 1.43. The van der Waals surface area contributed by atoms with E-state index in [1.165, 1.54) is 0 Å². The van der Waals surface area contributed by atoms with Crippen LogP contribution >= 0.6 is 0 Å².